The van der Waals surface area contributed by atoms with Gasteiger partial charge in [0, 0.05) is 23.4 Å². The van der Waals surface area contributed by atoms with E-state index in [4.69, 9.17) is 0 Å². The summed E-state index contributed by atoms with van der Waals surface area (Å²) in [5.41, 5.74) is 3.00. The van der Waals surface area contributed by atoms with Crippen molar-refractivity contribution in [2.45, 2.75) is 51.9 Å². The van der Waals surface area contributed by atoms with E-state index in [1.807, 2.05) is 43.3 Å². The molecule has 1 aliphatic carbocycles. The Labute approximate surface area is 161 Å². The number of aryl methyl sites for hydroxylation is 1. The van der Waals surface area contributed by atoms with Crippen molar-refractivity contribution >= 4 is 23.2 Å². The SMILES string of the molecule is Cc1ccc(NC(=O)CCC2CCCCC2)cc1NC(=O)c1ccccc1. The number of anilines is 2. The second kappa shape index (κ2) is 9.36. The van der Waals surface area contributed by atoms with Crippen molar-refractivity contribution in [2.24, 2.45) is 5.92 Å². The molecular formula is C23H28N2O2. The summed E-state index contributed by atoms with van der Waals surface area (Å²) >= 11 is 0. The van der Waals surface area contributed by atoms with Gasteiger partial charge in [-0.25, -0.2) is 0 Å². The predicted octanol–water partition coefficient (Wildman–Crippen LogP) is 5.55. The van der Waals surface area contributed by atoms with E-state index in [-0.39, 0.29) is 11.8 Å². The molecule has 3 rings (SSSR count). The summed E-state index contributed by atoms with van der Waals surface area (Å²) in [5.74, 6) is 0.590. The maximum atomic E-state index is 12.4. The van der Waals surface area contributed by atoms with Gasteiger partial charge in [0.05, 0.1) is 0 Å². The Bertz CT molecular complexity index is 780. The van der Waals surface area contributed by atoms with Crippen LogP contribution in [0.15, 0.2) is 48.5 Å². The molecule has 2 amide bonds. The van der Waals surface area contributed by atoms with Crippen molar-refractivity contribution in [2.75, 3.05) is 10.6 Å². The van der Waals surface area contributed by atoms with E-state index in [1.54, 1.807) is 12.1 Å². The zero-order valence-electron chi connectivity index (χ0n) is 16.0. The molecule has 0 radical (unpaired) electrons. The molecule has 4 heteroatoms. The van der Waals surface area contributed by atoms with Crippen LogP contribution < -0.4 is 10.6 Å². The minimum atomic E-state index is -0.153. The highest BCUT2D eigenvalue weighted by Gasteiger charge is 2.15. The largest absolute Gasteiger partial charge is 0.326 e. The normalized spacial score (nSPS) is 14.6. The zero-order chi connectivity index (χ0) is 19.1. The van der Waals surface area contributed by atoms with Crippen molar-refractivity contribution in [1.29, 1.82) is 0 Å². The molecule has 0 saturated heterocycles. The Kier molecular flexibility index (Phi) is 6.64. The molecule has 0 spiro atoms. The Morgan fingerprint density at radius 2 is 1.70 bits per heavy atom. The molecule has 4 nitrogen and oxygen atoms in total. The first-order valence-electron chi connectivity index (χ1n) is 9.89. The van der Waals surface area contributed by atoms with Gasteiger partial charge in [-0.1, -0.05) is 56.4 Å². The van der Waals surface area contributed by atoms with Crippen LogP contribution in [0.5, 0.6) is 0 Å². The lowest BCUT2D eigenvalue weighted by Gasteiger charge is -2.21. The standard InChI is InChI=1S/C23H28N2O2/c1-17-12-14-20(24-22(26)15-13-18-8-4-2-5-9-18)16-21(17)25-23(27)19-10-6-3-7-11-19/h3,6-7,10-12,14,16,18H,2,4-5,8-9,13,15H2,1H3,(H,24,26)(H,25,27). The lowest BCUT2D eigenvalue weighted by molar-refractivity contribution is -0.116. The number of benzene rings is 2. The first-order chi connectivity index (χ1) is 13.1. The Hall–Kier alpha value is -2.62. The van der Waals surface area contributed by atoms with E-state index < -0.39 is 0 Å². The van der Waals surface area contributed by atoms with Gasteiger partial charge in [-0.3, -0.25) is 9.59 Å². The third kappa shape index (κ3) is 5.68. The van der Waals surface area contributed by atoms with Crippen molar-refractivity contribution in [3.05, 3.63) is 59.7 Å². The fraction of sp³-hybridized carbons (Fsp3) is 0.391. The van der Waals surface area contributed by atoms with Gasteiger partial charge in [0.25, 0.3) is 5.91 Å². The monoisotopic (exact) mass is 364 g/mol. The Morgan fingerprint density at radius 1 is 0.963 bits per heavy atom. The fourth-order valence-electron chi connectivity index (χ4n) is 3.65. The first-order valence-corrected chi connectivity index (χ1v) is 9.89. The van der Waals surface area contributed by atoms with Crippen LogP contribution in [0.4, 0.5) is 11.4 Å². The second-order valence-corrected chi connectivity index (χ2v) is 7.44. The summed E-state index contributed by atoms with van der Waals surface area (Å²) in [4.78, 5) is 24.7. The number of carbonyl (C=O) groups excluding carboxylic acids is 2. The molecule has 2 aromatic carbocycles. The summed E-state index contributed by atoms with van der Waals surface area (Å²) in [6.45, 7) is 1.94. The van der Waals surface area contributed by atoms with Crippen LogP contribution in [0.2, 0.25) is 0 Å². The van der Waals surface area contributed by atoms with E-state index in [2.05, 4.69) is 10.6 Å². The number of carbonyl (C=O) groups is 2. The number of hydrogen-bond acceptors (Lipinski definition) is 2. The van der Waals surface area contributed by atoms with E-state index in [0.717, 1.165) is 17.7 Å². The molecule has 0 heterocycles. The molecule has 1 fully saturated rings. The highest BCUT2D eigenvalue weighted by Crippen LogP contribution is 2.27. The predicted molar refractivity (Wildman–Crippen MR) is 110 cm³/mol. The molecular weight excluding hydrogens is 336 g/mol. The quantitative estimate of drug-likeness (QED) is 0.706. The Morgan fingerprint density at radius 3 is 2.44 bits per heavy atom. The van der Waals surface area contributed by atoms with Crippen molar-refractivity contribution in [3.63, 3.8) is 0 Å². The third-order valence-electron chi connectivity index (χ3n) is 5.31. The summed E-state index contributed by atoms with van der Waals surface area (Å²) in [5, 5.41) is 5.91. The molecule has 0 unspecified atom stereocenters. The van der Waals surface area contributed by atoms with Crippen LogP contribution in [-0.2, 0) is 4.79 Å². The van der Waals surface area contributed by atoms with Crippen LogP contribution >= 0.6 is 0 Å². The van der Waals surface area contributed by atoms with Crippen LogP contribution in [0.3, 0.4) is 0 Å². The third-order valence-corrected chi connectivity index (χ3v) is 5.31. The van der Waals surface area contributed by atoms with Crippen LogP contribution in [0.25, 0.3) is 0 Å². The smallest absolute Gasteiger partial charge is 0.255 e. The van der Waals surface area contributed by atoms with Crippen LogP contribution in [0.1, 0.15) is 60.9 Å². The lowest BCUT2D eigenvalue weighted by atomic mass is 9.86. The molecule has 0 aliphatic heterocycles. The van der Waals surface area contributed by atoms with Gasteiger partial charge in [0.15, 0.2) is 0 Å². The molecule has 2 N–H and O–H groups in total. The zero-order valence-corrected chi connectivity index (χ0v) is 16.0. The first kappa shape index (κ1) is 19.2. The van der Waals surface area contributed by atoms with Crippen molar-refractivity contribution in [3.8, 4) is 0 Å². The van der Waals surface area contributed by atoms with E-state index in [0.29, 0.717) is 23.6 Å². The molecule has 27 heavy (non-hydrogen) atoms. The second-order valence-electron chi connectivity index (χ2n) is 7.44. The molecule has 1 aliphatic rings. The average molecular weight is 364 g/mol. The maximum absolute atomic E-state index is 12.4. The number of hydrogen-bond donors (Lipinski definition) is 2. The summed E-state index contributed by atoms with van der Waals surface area (Å²) in [6, 6.07) is 14.7. The van der Waals surface area contributed by atoms with Crippen LogP contribution in [0, 0.1) is 12.8 Å². The maximum Gasteiger partial charge on any atom is 0.255 e. The molecule has 0 atom stereocenters. The average Bonchev–Trinajstić information content (AvgIpc) is 2.70. The fourth-order valence-corrected chi connectivity index (χ4v) is 3.65. The number of amides is 2. The van der Waals surface area contributed by atoms with Crippen molar-refractivity contribution < 1.29 is 9.59 Å². The van der Waals surface area contributed by atoms with Crippen LogP contribution in [-0.4, -0.2) is 11.8 Å². The van der Waals surface area contributed by atoms with E-state index in [1.165, 1.54) is 32.1 Å². The molecule has 2 aromatic rings. The Balaban J connectivity index is 1.57. The van der Waals surface area contributed by atoms with E-state index >= 15 is 0 Å². The van der Waals surface area contributed by atoms with Gasteiger partial charge in [-0.05, 0) is 49.1 Å². The highest BCUT2D eigenvalue weighted by atomic mass is 16.2. The number of rotatable bonds is 6. The van der Waals surface area contributed by atoms with Gasteiger partial charge in [0.2, 0.25) is 5.91 Å². The highest BCUT2D eigenvalue weighted by molar-refractivity contribution is 6.05. The van der Waals surface area contributed by atoms with Crippen molar-refractivity contribution in [1.82, 2.24) is 0 Å². The summed E-state index contributed by atoms with van der Waals surface area (Å²) < 4.78 is 0. The topological polar surface area (TPSA) is 58.2 Å². The molecule has 1 saturated carbocycles. The minimum Gasteiger partial charge on any atom is -0.326 e. The van der Waals surface area contributed by atoms with Gasteiger partial charge in [0.1, 0.15) is 0 Å². The van der Waals surface area contributed by atoms with Gasteiger partial charge < -0.3 is 10.6 Å². The molecule has 0 aromatic heterocycles. The van der Waals surface area contributed by atoms with Gasteiger partial charge in [-0.2, -0.15) is 0 Å². The molecule has 142 valence electrons. The summed E-state index contributed by atoms with van der Waals surface area (Å²) in [6.07, 6.45) is 7.98. The number of nitrogens with one attached hydrogen (secondary N) is 2. The van der Waals surface area contributed by atoms with E-state index in [9.17, 15) is 9.59 Å². The molecule has 0 bridgehead atoms. The van der Waals surface area contributed by atoms with Gasteiger partial charge in [-0.15, -0.1) is 0 Å². The lowest BCUT2D eigenvalue weighted by Crippen LogP contribution is -2.16. The van der Waals surface area contributed by atoms with Gasteiger partial charge >= 0.3 is 0 Å². The summed E-state index contributed by atoms with van der Waals surface area (Å²) in [7, 11) is 0. The minimum absolute atomic E-state index is 0.0461.